The van der Waals surface area contributed by atoms with Crippen molar-refractivity contribution in [2.24, 2.45) is 0 Å². The van der Waals surface area contributed by atoms with Crippen LogP contribution in [0.3, 0.4) is 0 Å². The second-order valence-corrected chi connectivity index (χ2v) is 2.22. The number of likely N-dealkylation sites (N-methyl/N-ethyl adjacent to an activating group) is 1. The predicted molar refractivity (Wildman–Crippen MR) is 58.6 cm³/mol. The Bertz CT molecular complexity index is 121. The first-order valence-corrected chi connectivity index (χ1v) is 4.99. The summed E-state index contributed by atoms with van der Waals surface area (Å²) in [5.74, 6) is 0. The fourth-order valence-corrected chi connectivity index (χ4v) is 0.601. The third-order valence-corrected chi connectivity index (χ3v) is 1.26. The zero-order chi connectivity index (χ0) is 11.2. The summed E-state index contributed by atoms with van der Waals surface area (Å²) in [4.78, 5) is 10.6. The molecule has 0 atom stereocenters. The van der Waals surface area contributed by atoms with Crippen molar-refractivity contribution in [3.8, 4) is 0 Å². The lowest BCUT2D eigenvalue weighted by Gasteiger charge is -2.04. The number of rotatable bonds is 6. The molecule has 0 aromatic heterocycles. The SMILES string of the molecule is CC.CNCCOCCNC(=O)NC. The molecule has 0 spiro atoms. The summed E-state index contributed by atoms with van der Waals surface area (Å²) in [6, 6.07) is -0.174. The van der Waals surface area contributed by atoms with E-state index in [-0.39, 0.29) is 6.03 Å². The van der Waals surface area contributed by atoms with E-state index in [1.54, 1.807) is 7.05 Å². The van der Waals surface area contributed by atoms with Crippen LogP contribution < -0.4 is 16.0 Å². The van der Waals surface area contributed by atoms with Crippen LogP contribution in [-0.4, -0.2) is 46.4 Å². The van der Waals surface area contributed by atoms with Crippen molar-refractivity contribution in [3.05, 3.63) is 0 Å². The van der Waals surface area contributed by atoms with Gasteiger partial charge in [-0.3, -0.25) is 0 Å². The van der Waals surface area contributed by atoms with Crippen LogP contribution in [0, 0.1) is 0 Å². The molecule has 2 amide bonds. The Labute approximate surface area is 86.6 Å². The number of nitrogens with one attached hydrogen (secondary N) is 3. The Hall–Kier alpha value is -0.810. The first kappa shape index (κ1) is 15.7. The number of ether oxygens (including phenoxy) is 1. The highest BCUT2D eigenvalue weighted by Gasteiger charge is 1.93. The van der Waals surface area contributed by atoms with Crippen molar-refractivity contribution < 1.29 is 9.53 Å². The average molecular weight is 205 g/mol. The molecule has 0 fully saturated rings. The van der Waals surface area contributed by atoms with E-state index in [2.05, 4.69) is 16.0 Å². The Kier molecular flexibility index (Phi) is 16.4. The van der Waals surface area contributed by atoms with Gasteiger partial charge >= 0.3 is 6.03 Å². The van der Waals surface area contributed by atoms with Crippen LogP contribution in [0.15, 0.2) is 0 Å². The minimum Gasteiger partial charge on any atom is -0.378 e. The number of hydrogen-bond donors (Lipinski definition) is 3. The second kappa shape index (κ2) is 14.7. The standard InChI is InChI=1S/C7H17N3O2.C2H6/c1-8-3-5-12-6-4-10-7(11)9-2;1-2/h8H,3-6H2,1-2H3,(H2,9,10,11);1-2H3. The average Bonchev–Trinajstić information content (AvgIpc) is 2.25. The van der Waals surface area contributed by atoms with Gasteiger partial charge in [0.05, 0.1) is 13.2 Å². The van der Waals surface area contributed by atoms with Gasteiger partial charge in [-0.1, -0.05) is 13.8 Å². The van der Waals surface area contributed by atoms with Crippen LogP contribution in [0.25, 0.3) is 0 Å². The van der Waals surface area contributed by atoms with Crippen LogP contribution >= 0.6 is 0 Å². The maximum atomic E-state index is 10.6. The maximum Gasteiger partial charge on any atom is 0.314 e. The topological polar surface area (TPSA) is 62.4 Å². The van der Waals surface area contributed by atoms with Crippen LogP contribution in [0.1, 0.15) is 13.8 Å². The van der Waals surface area contributed by atoms with Gasteiger partial charge in [0, 0.05) is 20.1 Å². The molecular weight excluding hydrogens is 182 g/mol. The van der Waals surface area contributed by atoms with E-state index in [0.717, 1.165) is 6.54 Å². The summed E-state index contributed by atoms with van der Waals surface area (Å²) in [6.45, 7) is 6.60. The van der Waals surface area contributed by atoms with E-state index in [9.17, 15) is 4.79 Å². The zero-order valence-corrected chi connectivity index (χ0v) is 9.64. The predicted octanol–water partition coefficient (Wildman–Crippen LogP) is 0.178. The van der Waals surface area contributed by atoms with Gasteiger partial charge in [-0.15, -0.1) is 0 Å². The smallest absolute Gasteiger partial charge is 0.314 e. The maximum absolute atomic E-state index is 10.6. The number of hydrogen-bond acceptors (Lipinski definition) is 3. The lowest BCUT2D eigenvalue weighted by molar-refractivity contribution is 0.139. The summed E-state index contributed by atoms with van der Waals surface area (Å²) in [7, 11) is 3.45. The molecule has 86 valence electrons. The van der Waals surface area contributed by atoms with E-state index in [1.807, 2.05) is 20.9 Å². The van der Waals surface area contributed by atoms with Crippen molar-refractivity contribution in [2.45, 2.75) is 13.8 Å². The van der Waals surface area contributed by atoms with Gasteiger partial charge in [0.25, 0.3) is 0 Å². The highest BCUT2D eigenvalue weighted by molar-refractivity contribution is 5.73. The summed E-state index contributed by atoms with van der Waals surface area (Å²) in [5.41, 5.74) is 0. The van der Waals surface area contributed by atoms with Gasteiger partial charge < -0.3 is 20.7 Å². The molecule has 0 aliphatic carbocycles. The minimum atomic E-state index is -0.174. The highest BCUT2D eigenvalue weighted by Crippen LogP contribution is 1.71. The Morgan fingerprint density at radius 2 is 1.71 bits per heavy atom. The van der Waals surface area contributed by atoms with Gasteiger partial charge in [-0.2, -0.15) is 0 Å². The Balaban J connectivity index is 0. The quantitative estimate of drug-likeness (QED) is 0.542. The molecule has 0 aliphatic rings. The summed E-state index contributed by atoms with van der Waals surface area (Å²) in [5, 5.41) is 8.02. The molecule has 0 aliphatic heterocycles. The molecule has 14 heavy (non-hydrogen) atoms. The van der Waals surface area contributed by atoms with Crippen molar-refractivity contribution in [2.75, 3.05) is 40.4 Å². The molecule has 0 unspecified atom stereocenters. The number of urea groups is 1. The van der Waals surface area contributed by atoms with Crippen LogP contribution in [0.2, 0.25) is 0 Å². The largest absolute Gasteiger partial charge is 0.378 e. The molecule has 0 bridgehead atoms. The van der Waals surface area contributed by atoms with Crippen molar-refractivity contribution in [1.82, 2.24) is 16.0 Å². The molecule has 0 radical (unpaired) electrons. The third-order valence-electron chi connectivity index (χ3n) is 1.26. The summed E-state index contributed by atoms with van der Waals surface area (Å²) >= 11 is 0. The van der Waals surface area contributed by atoms with Gasteiger partial charge in [0.2, 0.25) is 0 Å². The normalized spacial score (nSPS) is 8.57. The minimum absolute atomic E-state index is 0.174. The Morgan fingerprint density at radius 3 is 2.21 bits per heavy atom. The van der Waals surface area contributed by atoms with Crippen molar-refractivity contribution >= 4 is 6.03 Å². The van der Waals surface area contributed by atoms with E-state index < -0.39 is 0 Å². The highest BCUT2D eigenvalue weighted by atomic mass is 16.5. The van der Waals surface area contributed by atoms with Crippen LogP contribution in [0.5, 0.6) is 0 Å². The molecule has 0 heterocycles. The lowest BCUT2D eigenvalue weighted by Crippen LogP contribution is -2.35. The van der Waals surface area contributed by atoms with Gasteiger partial charge in [-0.25, -0.2) is 4.79 Å². The number of amides is 2. The van der Waals surface area contributed by atoms with Crippen molar-refractivity contribution in [1.29, 1.82) is 0 Å². The van der Waals surface area contributed by atoms with Crippen LogP contribution in [-0.2, 0) is 4.74 Å². The molecule has 0 aromatic carbocycles. The fourth-order valence-electron chi connectivity index (χ4n) is 0.601. The number of carbonyl (C=O) groups is 1. The van der Waals surface area contributed by atoms with E-state index >= 15 is 0 Å². The number of carbonyl (C=O) groups excluding carboxylic acids is 1. The lowest BCUT2D eigenvalue weighted by atomic mass is 10.6. The van der Waals surface area contributed by atoms with E-state index in [0.29, 0.717) is 19.8 Å². The molecule has 5 nitrogen and oxygen atoms in total. The first-order valence-electron chi connectivity index (χ1n) is 4.99. The Morgan fingerprint density at radius 1 is 1.14 bits per heavy atom. The molecule has 0 aromatic rings. The fraction of sp³-hybridized carbons (Fsp3) is 0.889. The summed E-state index contributed by atoms with van der Waals surface area (Å²) < 4.78 is 5.16. The molecule has 5 heteroatoms. The molecule has 0 saturated carbocycles. The zero-order valence-electron chi connectivity index (χ0n) is 9.64. The van der Waals surface area contributed by atoms with Gasteiger partial charge in [-0.05, 0) is 7.05 Å². The monoisotopic (exact) mass is 205 g/mol. The molecule has 3 N–H and O–H groups in total. The molecule has 0 rings (SSSR count). The van der Waals surface area contributed by atoms with E-state index in [1.165, 1.54) is 0 Å². The first-order chi connectivity index (χ1) is 6.81. The second-order valence-electron chi connectivity index (χ2n) is 2.22. The van der Waals surface area contributed by atoms with Crippen molar-refractivity contribution in [3.63, 3.8) is 0 Å². The summed E-state index contributed by atoms with van der Waals surface area (Å²) in [6.07, 6.45) is 0. The molecular formula is C9H23N3O2. The third kappa shape index (κ3) is 13.8. The van der Waals surface area contributed by atoms with Crippen LogP contribution in [0.4, 0.5) is 4.79 Å². The van der Waals surface area contributed by atoms with Gasteiger partial charge in [0.15, 0.2) is 0 Å². The van der Waals surface area contributed by atoms with E-state index in [4.69, 9.17) is 4.74 Å². The van der Waals surface area contributed by atoms with Gasteiger partial charge in [0.1, 0.15) is 0 Å². The molecule has 0 saturated heterocycles.